The molecular weight excluding hydrogens is 492 g/mol. The van der Waals surface area contributed by atoms with Gasteiger partial charge in [0.05, 0.1) is 33.4 Å². The van der Waals surface area contributed by atoms with Crippen LogP contribution in [0.3, 0.4) is 0 Å². The van der Waals surface area contributed by atoms with Crippen LogP contribution in [0.25, 0.3) is 0 Å². The summed E-state index contributed by atoms with van der Waals surface area (Å²) in [6.45, 7) is 0. The summed E-state index contributed by atoms with van der Waals surface area (Å²) in [4.78, 5) is 59.3. The number of aromatic nitrogens is 3. The highest BCUT2D eigenvalue weighted by Gasteiger charge is 2.21. The van der Waals surface area contributed by atoms with Crippen LogP contribution in [0.4, 0.5) is 17.1 Å². The SMILES string of the molecule is COC(=O)c1ccc(NC(=O)c2ccc(NC(=O)c3ccc([N+](=O)[O-])c(OC)n3)c(OC)n2)c(OC)n1. The molecule has 0 aliphatic rings. The third kappa shape index (κ3) is 5.84. The molecule has 2 amide bonds. The van der Waals surface area contributed by atoms with Crippen molar-refractivity contribution in [2.45, 2.75) is 0 Å². The van der Waals surface area contributed by atoms with Crippen LogP contribution in [0.2, 0.25) is 0 Å². The molecule has 3 rings (SSSR count). The number of esters is 1. The molecule has 0 fully saturated rings. The number of rotatable bonds is 9. The number of nitrogens with zero attached hydrogens (tertiary/aromatic N) is 4. The number of hydrogen-bond acceptors (Lipinski definition) is 12. The minimum absolute atomic E-state index is 0.0163. The molecule has 0 aliphatic carbocycles. The molecule has 15 nitrogen and oxygen atoms in total. The van der Waals surface area contributed by atoms with Crippen molar-refractivity contribution in [3.05, 3.63) is 63.6 Å². The Morgan fingerprint density at radius 1 is 0.703 bits per heavy atom. The molecule has 0 spiro atoms. The Labute approximate surface area is 208 Å². The van der Waals surface area contributed by atoms with Crippen molar-refractivity contribution in [1.82, 2.24) is 15.0 Å². The molecule has 0 saturated heterocycles. The first-order chi connectivity index (χ1) is 17.7. The molecule has 3 aromatic rings. The van der Waals surface area contributed by atoms with Gasteiger partial charge in [-0.1, -0.05) is 0 Å². The van der Waals surface area contributed by atoms with Crippen molar-refractivity contribution >= 4 is 34.8 Å². The van der Waals surface area contributed by atoms with Crippen molar-refractivity contribution in [1.29, 1.82) is 0 Å². The highest BCUT2D eigenvalue weighted by atomic mass is 16.6. The average molecular weight is 512 g/mol. The van der Waals surface area contributed by atoms with E-state index in [9.17, 15) is 24.5 Å². The zero-order valence-corrected chi connectivity index (χ0v) is 19.9. The third-order valence-corrected chi connectivity index (χ3v) is 4.69. The zero-order valence-electron chi connectivity index (χ0n) is 19.9. The number of ether oxygens (including phenoxy) is 4. The van der Waals surface area contributed by atoms with E-state index >= 15 is 0 Å². The topological polar surface area (TPSA) is 194 Å². The van der Waals surface area contributed by atoms with Gasteiger partial charge in [0.1, 0.15) is 22.8 Å². The third-order valence-electron chi connectivity index (χ3n) is 4.69. The van der Waals surface area contributed by atoms with Gasteiger partial charge in [-0.25, -0.2) is 19.7 Å². The van der Waals surface area contributed by atoms with E-state index in [1.165, 1.54) is 52.7 Å². The van der Waals surface area contributed by atoms with Gasteiger partial charge in [0.2, 0.25) is 11.8 Å². The first-order valence-electron chi connectivity index (χ1n) is 10.2. The molecule has 3 aromatic heterocycles. The number of carbonyl (C=O) groups excluding carboxylic acids is 3. The van der Waals surface area contributed by atoms with Gasteiger partial charge in [-0.2, -0.15) is 0 Å². The van der Waals surface area contributed by atoms with Gasteiger partial charge in [-0.15, -0.1) is 0 Å². The summed E-state index contributed by atoms with van der Waals surface area (Å²) in [6.07, 6.45) is 0. The molecule has 0 atom stereocenters. The number of nitro groups is 1. The lowest BCUT2D eigenvalue weighted by Crippen LogP contribution is -2.18. The van der Waals surface area contributed by atoms with E-state index < -0.39 is 28.4 Å². The quantitative estimate of drug-likeness (QED) is 0.241. The number of hydrogen-bond donors (Lipinski definition) is 2. The number of nitrogens with one attached hydrogen (secondary N) is 2. The summed E-state index contributed by atoms with van der Waals surface area (Å²) in [7, 11) is 4.99. The molecule has 0 radical (unpaired) electrons. The Morgan fingerprint density at radius 3 is 1.59 bits per heavy atom. The van der Waals surface area contributed by atoms with Gasteiger partial charge in [0.15, 0.2) is 5.69 Å². The van der Waals surface area contributed by atoms with Crippen molar-refractivity contribution in [2.24, 2.45) is 0 Å². The molecule has 192 valence electrons. The highest BCUT2D eigenvalue weighted by molar-refractivity contribution is 6.06. The lowest BCUT2D eigenvalue weighted by Gasteiger charge is -2.12. The molecule has 0 aromatic carbocycles. The van der Waals surface area contributed by atoms with Crippen molar-refractivity contribution in [3.63, 3.8) is 0 Å². The van der Waals surface area contributed by atoms with Crippen LogP contribution >= 0.6 is 0 Å². The smallest absolute Gasteiger partial charge is 0.356 e. The summed E-state index contributed by atoms with van der Waals surface area (Å²) in [5.74, 6) is -2.53. The maximum absolute atomic E-state index is 12.8. The van der Waals surface area contributed by atoms with E-state index in [4.69, 9.17) is 14.2 Å². The number of amides is 2. The fourth-order valence-corrected chi connectivity index (χ4v) is 2.95. The highest BCUT2D eigenvalue weighted by Crippen LogP contribution is 2.27. The Bertz CT molecular complexity index is 1380. The normalized spacial score (nSPS) is 10.2. The van der Waals surface area contributed by atoms with Crippen molar-refractivity contribution < 1.29 is 38.3 Å². The zero-order chi connectivity index (χ0) is 27.1. The first-order valence-corrected chi connectivity index (χ1v) is 10.2. The summed E-state index contributed by atoms with van der Waals surface area (Å²) >= 11 is 0. The Balaban J connectivity index is 1.80. The molecular formula is C22H20N6O9. The van der Waals surface area contributed by atoms with Crippen molar-refractivity contribution in [2.75, 3.05) is 39.1 Å². The van der Waals surface area contributed by atoms with E-state index in [0.29, 0.717) is 0 Å². The molecule has 0 unspecified atom stereocenters. The second-order valence-corrected chi connectivity index (χ2v) is 6.89. The van der Waals surface area contributed by atoms with E-state index in [1.54, 1.807) is 0 Å². The van der Waals surface area contributed by atoms with Gasteiger partial charge in [0, 0.05) is 6.07 Å². The largest absolute Gasteiger partial charge is 0.479 e. The molecule has 0 bridgehead atoms. The molecule has 0 aliphatic heterocycles. The standard InChI is InChI=1S/C22H20N6O9/c1-34-19-13(23-18(30)12-9-10-16(28(32)33)21(26-12)36-3)6-5-11(25-19)17(29)24-14-7-8-15(22(31)37-4)27-20(14)35-2/h5-10H,1-4H3,(H,23,30)(H,24,29). The maximum Gasteiger partial charge on any atom is 0.356 e. The van der Waals surface area contributed by atoms with Gasteiger partial charge < -0.3 is 29.6 Å². The summed E-state index contributed by atoms with van der Waals surface area (Å²) in [5, 5.41) is 16.1. The predicted octanol–water partition coefficient (Wildman–Crippen LogP) is 2.10. The fraction of sp³-hybridized carbons (Fsp3) is 0.182. The molecule has 15 heteroatoms. The van der Waals surface area contributed by atoms with Gasteiger partial charge in [0.25, 0.3) is 17.7 Å². The van der Waals surface area contributed by atoms with E-state index in [2.05, 4.69) is 30.3 Å². The molecule has 37 heavy (non-hydrogen) atoms. The minimum atomic E-state index is -0.730. The van der Waals surface area contributed by atoms with E-state index in [1.807, 2.05) is 0 Å². The second-order valence-electron chi connectivity index (χ2n) is 6.89. The molecule has 0 saturated carbocycles. The van der Waals surface area contributed by atoms with Crippen LogP contribution in [-0.4, -0.2) is 66.1 Å². The van der Waals surface area contributed by atoms with E-state index in [-0.39, 0.29) is 46.1 Å². The first kappa shape index (κ1) is 26.3. The monoisotopic (exact) mass is 512 g/mol. The van der Waals surface area contributed by atoms with E-state index in [0.717, 1.165) is 12.1 Å². The number of carbonyl (C=O) groups is 3. The molecule has 3 heterocycles. The van der Waals surface area contributed by atoms with Gasteiger partial charge in [-0.3, -0.25) is 19.7 Å². The van der Waals surface area contributed by atoms with Crippen LogP contribution in [0.1, 0.15) is 31.5 Å². The Morgan fingerprint density at radius 2 is 1.14 bits per heavy atom. The maximum atomic E-state index is 12.8. The minimum Gasteiger partial charge on any atom is -0.479 e. The summed E-state index contributed by atoms with van der Waals surface area (Å²) < 4.78 is 19.8. The van der Waals surface area contributed by atoms with Crippen LogP contribution in [0, 0.1) is 10.1 Å². The number of methoxy groups -OCH3 is 4. The van der Waals surface area contributed by atoms with Crippen LogP contribution in [0.5, 0.6) is 17.6 Å². The number of anilines is 2. The predicted molar refractivity (Wildman–Crippen MR) is 126 cm³/mol. The van der Waals surface area contributed by atoms with Crippen LogP contribution < -0.4 is 24.8 Å². The summed E-state index contributed by atoms with van der Waals surface area (Å²) in [6, 6.07) is 7.69. The fourth-order valence-electron chi connectivity index (χ4n) is 2.95. The van der Waals surface area contributed by atoms with Crippen molar-refractivity contribution in [3.8, 4) is 17.6 Å². The molecule has 2 N–H and O–H groups in total. The Hall–Kier alpha value is -5.34. The Kier molecular flexibility index (Phi) is 8.09. The van der Waals surface area contributed by atoms with Gasteiger partial charge in [-0.05, 0) is 30.3 Å². The number of pyridine rings is 3. The lowest BCUT2D eigenvalue weighted by molar-refractivity contribution is -0.386. The summed E-state index contributed by atoms with van der Waals surface area (Å²) in [5.41, 5.74) is -0.399. The average Bonchev–Trinajstić information content (AvgIpc) is 2.92. The van der Waals surface area contributed by atoms with Crippen LogP contribution in [-0.2, 0) is 4.74 Å². The lowest BCUT2D eigenvalue weighted by atomic mass is 10.2. The van der Waals surface area contributed by atoms with Crippen LogP contribution in [0.15, 0.2) is 36.4 Å². The second kappa shape index (κ2) is 11.4. The van der Waals surface area contributed by atoms with Gasteiger partial charge >= 0.3 is 11.7 Å².